The van der Waals surface area contributed by atoms with Gasteiger partial charge in [0.25, 0.3) is 0 Å². The van der Waals surface area contributed by atoms with Gasteiger partial charge in [-0.1, -0.05) is 17.7 Å². The van der Waals surface area contributed by atoms with E-state index in [9.17, 15) is 13.2 Å². The van der Waals surface area contributed by atoms with E-state index >= 15 is 0 Å². The Morgan fingerprint density at radius 3 is 2.35 bits per heavy atom. The smallest absolute Gasteiger partial charge is 0.355 e. The lowest BCUT2D eigenvalue weighted by Gasteiger charge is -2.39. The molecule has 0 aromatic carbocycles. The van der Waals surface area contributed by atoms with Crippen molar-refractivity contribution < 1.29 is 13.2 Å². The highest BCUT2D eigenvalue weighted by Gasteiger charge is 2.40. The number of piperazine rings is 1. The Hall–Kier alpha value is -2.36. The molecule has 2 unspecified atom stereocenters. The summed E-state index contributed by atoms with van der Waals surface area (Å²) in [5, 5.41) is 0.527. The van der Waals surface area contributed by atoms with Gasteiger partial charge in [-0.3, -0.25) is 14.3 Å². The third-order valence-electron chi connectivity index (χ3n) is 7.13. The molecule has 5 heterocycles. The minimum atomic E-state index is -4.45. The van der Waals surface area contributed by atoms with Gasteiger partial charge in [0.15, 0.2) is 0 Å². The van der Waals surface area contributed by atoms with E-state index in [1.165, 1.54) is 12.3 Å². The number of pyridine rings is 2. The third kappa shape index (κ3) is 4.14. The Kier molecular flexibility index (Phi) is 6.20. The molecule has 2 aliphatic heterocycles. The standard InChI is InChI=1S/C24H28ClF3N6/c1-31-12-14-33(15-13-31)20-10-4-9-19-30-22(23(25)34(19)20)18-8-3-7-17(32(18)2)21-16(24(26,27)28)6-5-11-29-21/h4-6,9-11,17-18H,3,7-8,12-15H2,1-2H3. The van der Waals surface area contributed by atoms with E-state index in [2.05, 4.69) is 21.8 Å². The molecule has 34 heavy (non-hydrogen) atoms. The normalized spacial score (nSPS) is 23.1. The summed E-state index contributed by atoms with van der Waals surface area (Å²) in [4.78, 5) is 15.6. The van der Waals surface area contributed by atoms with E-state index in [-0.39, 0.29) is 11.7 Å². The number of nitrogens with zero attached hydrogens (tertiary/aromatic N) is 6. The molecular formula is C24H28ClF3N6. The average Bonchev–Trinajstić information content (AvgIpc) is 3.16. The van der Waals surface area contributed by atoms with Crippen LogP contribution in [0, 0.1) is 0 Å². The number of imidazole rings is 1. The third-order valence-corrected chi connectivity index (χ3v) is 7.49. The molecule has 6 nitrogen and oxygen atoms in total. The van der Waals surface area contributed by atoms with Crippen LogP contribution in [-0.4, -0.2) is 64.4 Å². The Bertz CT molecular complexity index is 1170. The monoisotopic (exact) mass is 492 g/mol. The van der Waals surface area contributed by atoms with E-state index < -0.39 is 17.8 Å². The minimum Gasteiger partial charge on any atom is -0.355 e. The van der Waals surface area contributed by atoms with Gasteiger partial charge >= 0.3 is 6.18 Å². The van der Waals surface area contributed by atoms with E-state index in [0.29, 0.717) is 17.3 Å². The van der Waals surface area contributed by atoms with Gasteiger partial charge in [0.05, 0.1) is 29.0 Å². The molecule has 0 bridgehead atoms. The quantitative estimate of drug-likeness (QED) is 0.511. The number of alkyl halides is 3. The Labute approximate surface area is 201 Å². The molecule has 3 aromatic rings. The fourth-order valence-electron chi connectivity index (χ4n) is 5.26. The molecule has 2 atom stereocenters. The van der Waals surface area contributed by atoms with Crippen LogP contribution in [-0.2, 0) is 6.18 Å². The number of rotatable bonds is 3. The molecule has 182 valence electrons. The van der Waals surface area contributed by atoms with Crippen LogP contribution in [0.25, 0.3) is 5.65 Å². The highest BCUT2D eigenvalue weighted by Crippen LogP contribution is 2.45. The zero-order valence-corrected chi connectivity index (χ0v) is 20.0. The van der Waals surface area contributed by atoms with Gasteiger partial charge in [-0.15, -0.1) is 0 Å². The fourth-order valence-corrected chi connectivity index (χ4v) is 5.61. The van der Waals surface area contributed by atoms with E-state index in [1.807, 2.05) is 34.5 Å². The van der Waals surface area contributed by atoms with Gasteiger partial charge in [0.1, 0.15) is 16.6 Å². The zero-order chi connectivity index (χ0) is 24.0. The second kappa shape index (κ2) is 9.02. The molecule has 10 heteroatoms. The summed E-state index contributed by atoms with van der Waals surface area (Å²) < 4.78 is 43.1. The topological polar surface area (TPSA) is 39.9 Å². The van der Waals surface area contributed by atoms with Crippen molar-refractivity contribution in [3.63, 3.8) is 0 Å². The number of fused-ring (bicyclic) bond motifs is 1. The maximum Gasteiger partial charge on any atom is 0.418 e. The lowest BCUT2D eigenvalue weighted by Crippen LogP contribution is -2.45. The molecule has 0 amide bonds. The van der Waals surface area contributed by atoms with Crippen molar-refractivity contribution in [1.82, 2.24) is 24.2 Å². The Morgan fingerprint density at radius 2 is 1.65 bits per heavy atom. The van der Waals surface area contributed by atoms with Crippen LogP contribution >= 0.6 is 11.6 Å². The van der Waals surface area contributed by atoms with Crippen molar-refractivity contribution in [2.45, 2.75) is 37.5 Å². The van der Waals surface area contributed by atoms with Gasteiger partial charge in [-0.25, -0.2) is 4.98 Å². The first-order valence-electron chi connectivity index (χ1n) is 11.6. The van der Waals surface area contributed by atoms with Gasteiger partial charge in [0.2, 0.25) is 0 Å². The maximum absolute atomic E-state index is 13.7. The van der Waals surface area contributed by atoms with Gasteiger partial charge in [-0.05, 0) is 57.6 Å². The number of halogens is 4. The predicted octanol–water partition coefficient (Wildman–Crippen LogP) is 5.05. The highest BCUT2D eigenvalue weighted by molar-refractivity contribution is 6.30. The number of piperidine rings is 1. The first kappa shape index (κ1) is 23.4. The number of hydrogen-bond acceptors (Lipinski definition) is 5. The lowest BCUT2D eigenvalue weighted by molar-refractivity contribution is -0.139. The van der Waals surface area contributed by atoms with Crippen LogP contribution in [0.3, 0.4) is 0 Å². The number of likely N-dealkylation sites (N-methyl/N-ethyl adjacent to an activating group) is 1. The zero-order valence-electron chi connectivity index (χ0n) is 19.3. The molecule has 0 spiro atoms. The van der Waals surface area contributed by atoms with Crippen molar-refractivity contribution in [3.8, 4) is 0 Å². The van der Waals surface area contributed by atoms with Crippen molar-refractivity contribution in [1.29, 1.82) is 0 Å². The second-order valence-corrected chi connectivity index (χ2v) is 9.58. The minimum absolute atomic E-state index is 0.0696. The van der Waals surface area contributed by atoms with Crippen LogP contribution < -0.4 is 4.90 Å². The van der Waals surface area contributed by atoms with E-state index in [4.69, 9.17) is 16.6 Å². The number of aromatic nitrogens is 3. The van der Waals surface area contributed by atoms with Crippen LogP contribution in [0.4, 0.5) is 19.0 Å². The Balaban J connectivity index is 1.51. The Morgan fingerprint density at radius 1 is 0.941 bits per heavy atom. The lowest BCUT2D eigenvalue weighted by atomic mass is 9.90. The summed E-state index contributed by atoms with van der Waals surface area (Å²) in [5.74, 6) is 0.994. The molecule has 2 fully saturated rings. The first-order valence-corrected chi connectivity index (χ1v) is 12.0. The van der Waals surface area contributed by atoms with Crippen molar-refractivity contribution in [2.75, 3.05) is 45.2 Å². The van der Waals surface area contributed by atoms with Crippen molar-refractivity contribution in [3.05, 3.63) is 58.6 Å². The van der Waals surface area contributed by atoms with Gasteiger partial charge < -0.3 is 9.80 Å². The van der Waals surface area contributed by atoms with Gasteiger partial charge in [-0.2, -0.15) is 13.2 Å². The van der Waals surface area contributed by atoms with Crippen LogP contribution in [0.5, 0.6) is 0 Å². The largest absolute Gasteiger partial charge is 0.418 e. The summed E-state index contributed by atoms with van der Waals surface area (Å²) in [6.07, 6.45) is -0.875. The molecule has 0 aliphatic carbocycles. The molecular weight excluding hydrogens is 465 g/mol. The predicted molar refractivity (Wildman–Crippen MR) is 126 cm³/mol. The second-order valence-electron chi connectivity index (χ2n) is 9.22. The molecule has 3 aromatic heterocycles. The average molecular weight is 493 g/mol. The molecule has 5 rings (SSSR count). The van der Waals surface area contributed by atoms with Crippen molar-refractivity contribution in [2.24, 2.45) is 0 Å². The molecule has 2 saturated heterocycles. The molecule has 0 saturated carbocycles. The van der Waals surface area contributed by atoms with Crippen LogP contribution in [0.1, 0.15) is 48.3 Å². The summed E-state index contributed by atoms with van der Waals surface area (Å²) in [6, 6.07) is 7.74. The van der Waals surface area contributed by atoms with Crippen molar-refractivity contribution >= 4 is 23.1 Å². The van der Waals surface area contributed by atoms with Crippen LogP contribution in [0.15, 0.2) is 36.5 Å². The summed E-state index contributed by atoms with van der Waals surface area (Å²) >= 11 is 6.95. The highest BCUT2D eigenvalue weighted by atomic mass is 35.5. The van der Waals surface area contributed by atoms with Gasteiger partial charge in [0, 0.05) is 32.4 Å². The summed E-state index contributed by atoms with van der Waals surface area (Å²) in [6.45, 7) is 3.72. The number of hydrogen-bond donors (Lipinski definition) is 0. The first-order chi connectivity index (χ1) is 16.3. The summed E-state index contributed by atoms with van der Waals surface area (Å²) in [5.41, 5.74) is 0.854. The van der Waals surface area contributed by atoms with Crippen LogP contribution in [0.2, 0.25) is 5.15 Å². The number of anilines is 1. The molecule has 0 N–H and O–H groups in total. The SMILES string of the molecule is CN1CCN(c2cccc3nc(C4CCCC(c5ncccc5C(F)(F)F)N4C)c(Cl)n23)CC1. The van der Waals surface area contributed by atoms with E-state index in [0.717, 1.165) is 56.6 Å². The van der Waals surface area contributed by atoms with E-state index in [1.54, 1.807) is 0 Å². The fraction of sp³-hybridized carbons (Fsp3) is 0.500. The molecule has 2 aliphatic rings. The maximum atomic E-state index is 13.7. The molecule has 0 radical (unpaired) electrons. The number of likely N-dealkylation sites (tertiary alicyclic amines) is 1. The summed E-state index contributed by atoms with van der Waals surface area (Å²) in [7, 11) is 3.96.